The summed E-state index contributed by atoms with van der Waals surface area (Å²) in [5, 5.41) is 2.97. The van der Waals surface area contributed by atoms with Crippen molar-refractivity contribution in [2.45, 2.75) is 25.6 Å². The number of alkyl halides is 3. The summed E-state index contributed by atoms with van der Waals surface area (Å²) < 4.78 is 37.2. The number of nitrogens with one attached hydrogen (secondary N) is 1. The molecule has 5 heteroatoms. The van der Waals surface area contributed by atoms with E-state index in [1.807, 2.05) is 30.1 Å². The number of hydrogen-bond donors (Lipinski definition) is 1. The Balaban J connectivity index is 2.07. The largest absolute Gasteiger partial charge is 0.389 e. The zero-order chi connectivity index (χ0) is 11.3. The second-order valence-corrected chi connectivity index (χ2v) is 3.58. The minimum atomic E-state index is -4.03. The van der Waals surface area contributed by atoms with Crippen LogP contribution in [-0.2, 0) is 13.6 Å². The SMILES string of the molecule is Cn1ccc(CNCCCC(F)(F)F)c1. The van der Waals surface area contributed by atoms with Crippen molar-refractivity contribution in [3.8, 4) is 0 Å². The molecule has 1 heterocycles. The quantitative estimate of drug-likeness (QED) is 0.754. The molecule has 1 N–H and O–H groups in total. The number of hydrogen-bond acceptors (Lipinski definition) is 1. The lowest BCUT2D eigenvalue weighted by atomic mass is 10.3. The molecule has 0 bridgehead atoms. The summed E-state index contributed by atoms with van der Waals surface area (Å²) in [5.41, 5.74) is 1.09. The van der Waals surface area contributed by atoms with Crippen molar-refractivity contribution in [1.29, 1.82) is 0 Å². The highest BCUT2D eigenvalue weighted by Gasteiger charge is 2.25. The van der Waals surface area contributed by atoms with Crippen LogP contribution in [0.4, 0.5) is 13.2 Å². The number of aromatic nitrogens is 1. The second-order valence-electron chi connectivity index (χ2n) is 3.58. The first-order valence-electron chi connectivity index (χ1n) is 4.86. The van der Waals surface area contributed by atoms with Gasteiger partial charge in [0.2, 0.25) is 0 Å². The number of rotatable bonds is 5. The molecule has 15 heavy (non-hydrogen) atoms. The molecule has 0 spiro atoms. The molecular weight excluding hydrogens is 205 g/mol. The Bertz CT molecular complexity index is 291. The van der Waals surface area contributed by atoms with E-state index in [-0.39, 0.29) is 6.42 Å². The fraction of sp³-hybridized carbons (Fsp3) is 0.600. The first-order valence-corrected chi connectivity index (χ1v) is 4.86. The molecule has 86 valence electrons. The van der Waals surface area contributed by atoms with Crippen LogP contribution in [0.15, 0.2) is 18.5 Å². The molecule has 0 aliphatic carbocycles. The minimum Gasteiger partial charge on any atom is -0.357 e. The Morgan fingerprint density at radius 1 is 1.40 bits per heavy atom. The summed E-state index contributed by atoms with van der Waals surface area (Å²) in [6.07, 6.45) is -0.761. The average Bonchev–Trinajstić information content (AvgIpc) is 2.49. The Kier molecular flexibility index (Phi) is 4.20. The third-order valence-electron chi connectivity index (χ3n) is 2.04. The van der Waals surface area contributed by atoms with E-state index in [9.17, 15) is 13.2 Å². The van der Waals surface area contributed by atoms with Gasteiger partial charge in [-0.15, -0.1) is 0 Å². The van der Waals surface area contributed by atoms with Crippen LogP contribution >= 0.6 is 0 Å². The predicted octanol–water partition coefficient (Wildman–Crippen LogP) is 2.46. The van der Waals surface area contributed by atoms with Crippen LogP contribution in [0, 0.1) is 0 Å². The highest BCUT2D eigenvalue weighted by Crippen LogP contribution is 2.20. The number of aryl methyl sites for hydroxylation is 1. The minimum absolute atomic E-state index is 0.135. The van der Waals surface area contributed by atoms with Crippen LogP contribution in [0.3, 0.4) is 0 Å². The molecule has 0 radical (unpaired) electrons. The smallest absolute Gasteiger partial charge is 0.357 e. The molecule has 0 saturated heterocycles. The fourth-order valence-electron chi connectivity index (χ4n) is 1.31. The van der Waals surface area contributed by atoms with E-state index in [4.69, 9.17) is 0 Å². The molecule has 1 aromatic rings. The van der Waals surface area contributed by atoms with E-state index in [1.165, 1.54) is 0 Å². The molecular formula is C10H15F3N2. The molecule has 0 atom stereocenters. The first kappa shape index (κ1) is 12.1. The van der Waals surface area contributed by atoms with Crippen LogP contribution in [0.2, 0.25) is 0 Å². The van der Waals surface area contributed by atoms with Crippen molar-refractivity contribution in [3.63, 3.8) is 0 Å². The van der Waals surface area contributed by atoms with E-state index in [0.717, 1.165) is 5.56 Å². The van der Waals surface area contributed by atoms with Gasteiger partial charge in [-0.25, -0.2) is 0 Å². The van der Waals surface area contributed by atoms with E-state index in [2.05, 4.69) is 5.32 Å². The molecule has 0 saturated carbocycles. The zero-order valence-electron chi connectivity index (χ0n) is 8.64. The summed E-state index contributed by atoms with van der Waals surface area (Å²) in [7, 11) is 1.91. The van der Waals surface area contributed by atoms with E-state index < -0.39 is 12.6 Å². The maximum absolute atomic E-state index is 11.8. The van der Waals surface area contributed by atoms with E-state index in [1.54, 1.807) is 0 Å². The monoisotopic (exact) mass is 220 g/mol. The summed E-state index contributed by atoms with van der Waals surface area (Å²) >= 11 is 0. The van der Waals surface area contributed by atoms with Crippen LogP contribution < -0.4 is 5.32 Å². The van der Waals surface area contributed by atoms with Gasteiger partial charge in [0.1, 0.15) is 0 Å². The van der Waals surface area contributed by atoms with Gasteiger partial charge in [-0.3, -0.25) is 0 Å². The molecule has 0 aromatic carbocycles. The normalized spacial score (nSPS) is 12.0. The summed E-state index contributed by atoms with van der Waals surface area (Å²) in [6.45, 7) is 1.02. The van der Waals surface area contributed by atoms with Gasteiger partial charge >= 0.3 is 6.18 Å². The number of halogens is 3. The van der Waals surface area contributed by atoms with Gasteiger partial charge in [0, 0.05) is 32.4 Å². The zero-order valence-corrected chi connectivity index (χ0v) is 8.64. The van der Waals surface area contributed by atoms with Crippen LogP contribution in [0.1, 0.15) is 18.4 Å². The van der Waals surface area contributed by atoms with Gasteiger partial charge in [0.25, 0.3) is 0 Å². The molecule has 2 nitrogen and oxygen atoms in total. The van der Waals surface area contributed by atoms with E-state index >= 15 is 0 Å². The highest BCUT2D eigenvalue weighted by molar-refractivity contribution is 5.09. The predicted molar refractivity (Wildman–Crippen MR) is 52.4 cm³/mol. The first-order chi connectivity index (χ1) is 6.97. The van der Waals surface area contributed by atoms with Crippen molar-refractivity contribution in [2.75, 3.05) is 6.54 Å². The van der Waals surface area contributed by atoms with Gasteiger partial charge in [-0.1, -0.05) is 0 Å². The number of nitrogens with zero attached hydrogens (tertiary/aromatic N) is 1. The summed E-state index contributed by atoms with van der Waals surface area (Å²) in [4.78, 5) is 0. The fourth-order valence-corrected chi connectivity index (χ4v) is 1.31. The molecule has 0 amide bonds. The molecule has 0 aliphatic rings. The van der Waals surface area contributed by atoms with Crippen molar-refractivity contribution < 1.29 is 13.2 Å². The third kappa shape index (κ3) is 5.47. The van der Waals surface area contributed by atoms with Crippen LogP contribution in [0.25, 0.3) is 0 Å². The molecule has 0 unspecified atom stereocenters. The van der Waals surface area contributed by atoms with Crippen molar-refractivity contribution in [2.24, 2.45) is 7.05 Å². The lowest BCUT2D eigenvalue weighted by molar-refractivity contribution is -0.135. The lowest BCUT2D eigenvalue weighted by Crippen LogP contribution is -2.17. The molecule has 0 fully saturated rings. The van der Waals surface area contributed by atoms with Crippen LogP contribution in [-0.4, -0.2) is 17.3 Å². The topological polar surface area (TPSA) is 17.0 Å². The van der Waals surface area contributed by atoms with Gasteiger partial charge in [0.15, 0.2) is 0 Å². The second kappa shape index (κ2) is 5.21. The molecule has 1 rings (SSSR count). The van der Waals surface area contributed by atoms with Crippen LogP contribution in [0.5, 0.6) is 0 Å². The van der Waals surface area contributed by atoms with Gasteiger partial charge in [-0.05, 0) is 24.6 Å². The Labute approximate surface area is 87.1 Å². The lowest BCUT2D eigenvalue weighted by Gasteiger charge is -2.06. The van der Waals surface area contributed by atoms with Crippen molar-refractivity contribution >= 4 is 0 Å². The Morgan fingerprint density at radius 3 is 2.67 bits per heavy atom. The molecule has 1 aromatic heterocycles. The Morgan fingerprint density at radius 2 is 2.13 bits per heavy atom. The average molecular weight is 220 g/mol. The van der Waals surface area contributed by atoms with Crippen molar-refractivity contribution in [3.05, 3.63) is 24.0 Å². The van der Waals surface area contributed by atoms with Gasteiger partial charge in [0.05, 0.1) is 0 Å². The van der Waals surface area contributed by atoms with Crippen molar-refractivity contribution in [1.82, 2.24) is 9.88 Å². The van der Waals surface area contributed by atoms with Gasteiger partial charge < -0.3 is 9.88 Å². The Hall–Kier alpha value is -0.970. The van der Waals surface area contributed by atoms with E-state index in [0.29, 0.717) is 13.1 Å². The maximum Gasteiger partial charge on any atom is 0.389 e. The summed E-state index contributed by atoms with van der Waals surface area (Å²) in [6, 6.07) is 1.94. The van der Waals surface area contributed by atoms with Gasteiger partial charge in [-0.2, -0.15) is 13.2 Å². The third-order valence-corrected chi connectivity index (χ3v) is 2.04. The summed E-state index contributed by atoms with van der Waals surface area (Å²) in [5.74, 6) is 0. The standard InChI is InChI=1S/C10H15F3N2/c1-15-6-3-9(8-15)7-14-5-2-4-10(11,12)13/h3,6,8,14H,2,4-5,7H2,1H3. The molecule has 0 aliphatic heterocycles. The highest BCUT2D eigenvalue weighted by atomic mass is 19.4. The maximum atomic E-state index is 11.8.